The molecule has 34 heavy (non-hydrogen) atoms. The number of urea groups is 1. The quantitative estimate of drug-likeness (QED) is 0.664. The Morgan fingerprint density at radius 2 is 1.74 bits per heavy atom. The first-order valence-corrected chi connectivity index (χ1v) is 11.8. The van der Waals surface area contributed by atoms with Crippen LogP contribution in [0.2, 0.25) is 0 Å². The van der Waals surface area contributed by atoms with E-state index in [1.54, 1.807) is 0 Å². The number of amides is 2. The molecule has 0 atom stereocenters. The number of alkyl halides is 3. The molecule has 5 aliphatic rings. The maximum absolute atomic E-state index is 12.8. The third-order valence-electron chi connectivity index (χ3n) is 8.02. The van der Waals surface area contributed by atoms with Gasteiger partial charge in [0.25, 0.3) is 0 Å². The molecular weight excluding hydrogens is 453 g/mol. The number of carbonyl (C=O) groups is 1. The van der Waals surface area contributed by atoms with Crippen LogP contribution in [-0.4, -0.2) is 84.9 Å². The Morgan fingerprint density at radius 3 is 2.35 bits per heavy atom. The maximum atomic E-state index is 12.8. The summed E-state index contributed by atoms with van der Waals surface area (Å²) >= 11 is 0. The van der Waals surface area contributed by atoms with E-state index in [2.05, 4.69) is 24.7 Å². The van der Waals surface area contributed by atoms with E-state index >= 15 is 0 Å². The molecule has 0 N–H and O–H groups in total. The van der Waals surface area contributed by atoms with E-state index in [4.69, 9.17) is 0 Å². The first-order valence-electron chi connectivity index (χ1n) is 11.8. The molecule has 2 spiro atoms. The lowest BCUT2D eigenvalue weighted by atomic mass is 9.60. The zero-order valence-corrected chi connectivity index (χ0v) is 18.5. The maximum Gasteiger partial charge on any atom is 0.471 e. The minimum absolute atomic E-state index is 0.0359. The van der Waals surface area contributed by atoms with Crippen molar-refractivity contribution in [3.8, 4) is 0 Å². The normalized spacial score (nSPS) is 25.7. The molecule has 2 aromatic rings. The van der Waals surface area contributed by atoms with Crippen molar-refractivity contribution in [2.24, 2.45) is 10.8 Å². The smallest absolute Gasteiger partial charge is 0.329 e. The lowest BCUT2D eigenvalue weighted by molar-refractivity contribution is -0.159. The number of rotatable bonds is 4. The highest BCUT2D eigenvalue weighted by Crippen LogP contribution is 2.54. The number of hydrogen-bond acceptors (Lipinski definition) is 7. The molecule has 7 rings (SSSR count). The second kappa shape index (κ2) is 6.70. The summed E-state index contributed by atoms with van der Waals surface area (Å²) in [4.78, 5) is 26.5. The number of likely N-dealkylation sites (tertiary alicyclic amines) is 3. The zero-order valence-electron chi connectivity index (χ0n) is 18.5. The molecule has 0 aromatic carbocycles. The Hall–Kier alpha value is -2.70. The highest BCUT2D eigenvalue weighted by atomic mass is 19.4. The minimum atomic E-state index is -4.62. The third kappa shape index (κ3) is 3.30. The Labute approximate surface area is 193 Å². The molecule has 3 saturated heterocycles. The third-order valence-corrected chi connectivity index (χ3v) is 8.02. The standard InChI is InChI=1S/C21H25F3N8O2/c22-21(23,24)17-26-15(28-34-17)5-29-6-20(7-29)10-31(11-20)18(33)30-8-19(9-30)3-14(4-19)32-12-25-16(27-32)13-1-2-13/h12-14H,1-11H2. The lowest BCUT2D eigenvalue weighted by Crippen LogP contribution is -2.75. The Kier molecular flexibility index (Phi) is 4.07. The van der Waals surface area contributed by atoms with Crippen molar-refractivity contribution in [1.82, 2.24) is 39.6 Å². The van der Waals surface area contributed by atoms with E-state index in [9.17, 15) is 18.0 Å². The van der Waals surface area contributed by atoms with Crippen LogP contribution < -0.4 is 0 Å². The molecule has 13 heteroatoms. The van der Waals surface area contributed by atoms with Crippen LogP contribution in [0.3, 0.4) is 0 Å². The Morgan fingerprint density at radius 1 is 1.06 bits per heavy atom. The van der Waals surface area contributed by atoms with Crippen LogP contribution in [0.4, 0.5) is 18.0 Å². The van der Waals surface area contributed by atoms with Gasteiger partial charge in [0.1, 0.15) is 6.33 Å². The second-order valence-corrected chi connectivity index (χ2v) is 11.1. The molecule has 0 radical (unpaired) electrons. The van der Waals surface area contributed by atoms with E-state index in [0.29, 0.717) is 25.0 Å². The zero-order chi connectivity index (χ0) is 23.3. The lowest BCUT2D eigenvalue weighted by Gasteiger charge is -2.63. The summed E-state index contributed by atoms with van der Waals surface area (Å²) in [5, 5.41) is 8.07. The fraction of sp³-hybridized carbons (Fsp3) is 0.762. The van der Waals surface area contributed by atoms with Crippen LogP contribution in [0.1, 0.15) is 55.2 Å². The average Bonchev–Trinajstić information content (AvgIpc) is 3.19. The van der Waals surface area contributed by atoms with Crippen LogP contribution in [0.15, 0.2) is 10.9 Å². The van der Waals surface area contributed by atoms with Gasteiger partial charge in [-0.15, -0.1) is 0 Å². The van der Waals surface area contributed by atoms with E-state index in [1.165, 1.54) is 12.8 Å². The van der Waals surface area contributed by atoms with Gasteiger partial charge in [-0.2, -0.15) is 23.3 Å². The number of aromatic nitrogens is 5. The van der Waals surface area contributed by atoms with Crippen LogP contribution in [0.5, 0.6) is 0 Å². The highest BCUT2D eigenvalue weighted by Gasteiger charge is 2.58. The van der Waals surface area contributed by atoms with Gasteiger partial charge in [-0.1, -0.05) is 5.16 Å². The average molecular weight is 478 g/mol. The molecule has 5 fully saturated rings. The van der Waals surface area contributed by atoms with Gasteiger partial charge >= 0.3 is 18.1 Å². The van der Waals surface area contributed by atoms with Crippen molar-refractivity contribution in [3.63, 3.8) is 0 Å². The van der Waals surface area contributed by atoms with Gasteiger partial charge in [0.05, 0.1) is 12.6 Å². The summed E-state index contributed by atoms with van der Waals surface area (Å²) in [6, 6.07) is 0.500. The van der Waals surface area contributed by atoms with Gasteiger partial charge in [0.2, 0.25) is 0 Å². The van der Waals surface area contributed by atoms with Crippen LogP contribution in [0.25, 0.3) is 0 Å². The van der Waals surface area contributed by atoms with Crippen LogP contribution >= 0.6 is 0 Å². The number of halogens is 3. The molecule has 5 heterocycles. The molecule has 2 aliphatic carbocycles. The van der Waals surface area contributed by atoms with Gasteiger partial charge < -0.3 is 14.3 Å². The number of nitrogens with zero attached hydrogens (tertiary/aromatic N) is 8. The predicted molar refractivity (Wildman–Crippen MR) is 108 cm³/mol. The van der Waals surface area contributed by atoms with Crippen molar-refractivity contribution in [1.29, 1.82) is 0 Å². The van der Waals surface area contributed by atoms with E-state index in [0.717, 1.165) is 44.8 Å². The first kappa shape index (κ1) is 20.7. The van der Waals surface area contributed by atoms with Gasteiger partial charge in [-0.05, 0) is 25.7 Å². The molecular formula is C21H25F3N8O2. The Bertz CT molecular complexity index is 1110. The second-order valence-electron chi connectivity index (χ2n) is 11.1. The highest BCUT2D eigenvalue weighted by molar-refractivity contribution is 5.77. The molecule has 182 valence electrons. The predicted octanol–water partition coefficient (Wildman–Crippen LogP) is 2.13. The van der Waals surface area contributed by atoms with Crippen molar-refractivity contribution in [2.45, 2.75) is 50.4 Å². The van der Waals surface area contributed by atoms with Gasteiger partial charge in [-0.3, -0.25) is 4.90 Å². The fourth-order valence-corrected chi connectivity index (χ4v) is 6.22. The molecule has 0 bridgehead atoms. The van der Waals surface area contributed by atoms with Crippen molar-refractivity contribution in [2.75, 3.05) is 39.3 Å². The monoisotopic (exact) mass is 478 g/mol. The molecule has 0 unspecified atom stereocenters. The topological polar surface area (TPSA) is 96.4 Å². The van der Waals surface area contributed by atoms with Crippen LogP contribution in [0, 0.1) is 10.8 Å². The number of hydrogen-bond donors (Lipinski definition) is 0. The van der Waals surface area contributed by atoms with Gasteiger partial charge in [0, 0.05) is 56.0 Å². The summed E-state index contributed by atoms with van der Waals surface area (Å²) in [6.45, 7) is 4.66. The summed E-state index contributed by atoms with van der Waals surface area (Å²) < 4.78 is 44.0. The van der Waals surface area contributed by atoms with Crippen LogP contribution in [-0.2, 0) is 12.7 Å². The van der Waals surface area contributed by atoms with Gasteiger partial charge in [-0.25, -0.2) is 14.5 Å². The largest absolute Gasteiger partial charge is 0.471 e. The van der Waals surface area contributed by atoms with Gasteiger partial charge in [0.15, 0.2) is 11.6 Å². The SMILES string of the molecule is O=C(N1CC2(CC(n3cnc(C4CC4)n3)C2)C1)N1CC2(CN(Cc3noc(C(F)(F)F)n3)C2)C1. The van der Waals surface area contributed by atoms with E-state index in [-0.39, 0.29) is 29.2 Å². The minimum Gasteiger partial charge on any atom is -0.329 e. The summed E-state index contributed by atoms with van der Waals surface area (Å²) in [6.07, 6.45) is 1.74. The number of carbonyl (C=O) groups excluding carboxylic acids is 1. The van der Waals surface area contributed by atoms with Crippen molar-refractivity contribution in [3.05, 3.63) is 23.9 Å². The van der Waals surface area contributed by atoms with Crippen molar-refractivity contribution >= 4 is 6.03 Å². The molecule has 2 saturated carbocycles. The van der Waals surface area contributed by atoms with E-state index in [1.807, 2.05) is 25.7 Å². The molecule has 2 aromatic heterocycles. The molecule has 10 nitrogen and oxygen atoms in total. The van der Waals surface area contributed by atoms with Crippen molar-refractivity contribution < 1.29 is 22.5 Å². The summed E-state index contributed by atoms with van der Waals surface area (Å²) in [7, 11) is 0. The first-order chi connectivity index (χ1) is 16.2. The fourth-order valence-electron chi connectivity index (χ4n) is 6.22. The summed E-state index contributed by atoms with van der Waals surface area (Å²) in [5.41, 5.74) is 0.282. The molecule has 2 amide bonds. The van der Waals surface area contributed by atoms with E-state index < -0.39 is 12.1 Å². The molecule has 3 aliphatic heterocycles. The summed E-state index contributed by atoms with van der Waals surface area (Å²) in [5.74, 6) is 0.271. The Balaban J connectivity index is 0.844.